The van der Waals surface area contributed by atoms with Crippen molar-refractivity contribution in [3.8, 4) is 0 Å². The minimum Gasteiger partial charge on any atom is -0.343 e. The van der Waals surface area contributed by atoms with Crippen molar-refractivity contribution < 1.29 is 0 Å². The Labute approximate surface area is 117 Å². The molecule has 2 N–H and O–H groups in total. The molecule has 1 aromatic heterocycles. The van der Waals surface area contributed by atoms with E-state index in [1.807, 2.05) is 0 Å². The quantitative estimate of drug-likeness (QED) is 0.774. The number of hydrogen-bond donors (Lipinski definition) is 1. The summed E-state index contributed by atoms with van der Waals surface area (Å²) in [5, 5.41) is 3.51. The SMILES string of the molecule is CN(c1cccc(CN)c1)c1csc2ccccc12. The summed E-state index contributed by atoms with van der Waals surface area (Å²) in [4.78, 5) is 2.22. The van der Waals surface area contributed by atoms with Gasteiger partial charge in [-0.25, -0.2) is 0 Å². The van der Waals surface area contributed by atoms with Crippen molar-refractivity contribution >= 4 is 32.8 Å². The molecule has 0 bridgehead atoms. The van der Waals surface area contributed by atoms with E-state index in [2.05, 4.69) is 65.9 Å². The first-order valence-electron chi connectivity index (χ1n) is 6.28. The van der Waals surface area contributed by atoms with Gasteiger partial charge in [0.15, 0.2) is 0 Å². The number of thiophene rings is 1. The van der Waals surface area contributed by atoms with Gasteiger partial charge in [-0.3, -0.25) is 0 Å². The van der Waals surface area contributed by atoms with Crippen LogP contribution in [0.15, 0.2) is 53.9 Å². The molecule has 2 nitrogen and oxygen atoms in total. The van der Waals surface area contributed by atoms with Gasteiger partial charge in [0.25, 0.3) is 0 Å². The summed E-state index contributed by atoms with van der Waals surface area (Å²) in [5.41, 5.74) is 9.29. The van der Waals surface area contributed by atoms with Crippen LogP contribution in [0.25, 0.3) is 10.1 Å². The molecule has 3 rings (SSSR count). The van der Waals surface area contributed by atoms with Gasteiger partial charge in [0, 0.05) is 34.7 Å². The molecule has 0 saturated carbocycles. The molecule has 0 saturated heterocycles. The van der Waals surface area contributed by atoms with Gasteiger partial charge in [-0.2, -0.15) is 0 Å². The fraction of sp³-hybridized carbons (Fsp3) is 0.125. The maximum absolute atomic E-state index is 5.71. The second kappa shape index (κ2) is 5.03. The lowest BCUT2D eigenvalue weighted by atomic mass is 10.1. The predicted octanol–water partition coefficient (Wildman–Crippen LogP) is 4.13. The number of hydrogen-bond acceptors (Lipinski definition) is 3. The summed E-state index contributed by atoms with van der Waals surface area (Å²) >= 11 is 1.78. The zero-order valence-corrected chi connectivity index (χ0v) is 11.7. The Morgan fingerprint density at radius 2 is 1.95 bits per heavy atom. The van der Waals surface area contributed by atoms with Gasteiger partial charge in [0.2, 0.25) is 0 Å². The molecule has 19 heavy (non-hydrogen) atoms. The summed E-state index contributed by atoms with van der Waals surface area (Å²) in [7, 11) is 2.10. The molecule has 1 heterocycles. The van der Waals surface area contributed by atoms with Crippen LogP contribution in [0.1, 0.15) is 5.56 Å². The minimum atomic E-state index is 0.575. The van der Waals surface area contributed by atoms with Gasteiger partial charge in [0.05, 0.1) is 5.69 Å². The van der Waals surface area contributed by atoms with E-state index >= 15 is 0 Å². The molecule has 3 heteroatoms. The minimum absolute atomic E-state index is 0.575. The third-order valence-corrected chi connectivity index (χ3v) is 4.31. The van der Waals surface area contributed by atoms with E-state index in [9.17, 15) is 0 Å². The summed E-state index contributed by atoms with van der Waals surface area (Å²) in [5.74, 6) is 0. The first kappa shape index (κ1) is 12.2. The molecule has 3 aromatic rings. The highest BCUT2D eigenvalue weighted by atomic mass is 32.1. The topological polar surface area (TPSA) is 29.3 Å². The molecular formula is C16H16N2S. The van der Waals surface area contributed by atoms with Gasteiger partial charge in [0.1, 0.15) is 0 Å². The van der Waals surface area contributed by atoms with E-state index in [1.54, 1.807) is 11.3 Å². The van der Waals surface area contributed by atoms with Crippen molar-refractivity contribution in [1.82, 2.24) is 0 Å². The Kier molecular flexibility index (Phi) is 3.23. The van der Waals surface area contributed by atoms with Gasteiger partial charge >= 0.3 is 0 Å². The first-order chi connectivity index (χ1) is 9.29. The molecule has 96 valence electrons. The molecular weight excluding hydrogens is 252 g/mol. The number of rotatable bonds is 3. The Balaban J connectivity index is 2.05. The molecule has 0 amide bonds. The van der Waals surface area contributed by atoms with Crippen LogP contribution in [0.5, 0.6) is 0 Å². The highest BCUT2D eigenvalue weighted by molar-refractivity contribution is 7.17. The molecule has 0 fully saturated rings. The average molecular weight is 268 g/mol. The molecule has 0 spiro atoms. The standard InChI is InChI=1S/C16H16N2S/c1-18(13-6-4-5-12(9-13)10-17)15-11-19-16-8-3-2-7-14(15)16/h2-9,11H,10,17H2,1H3. The van der Waals surface area contributed by atoms with E-state index < -0.39 is 0 Å². The number of nitrogens with two attached hydrogens (primary N) is 1. The van der Waals surface area contributed by atoms with Crippen LogP contribution in [-0.2, 0) is 6.54 Å². The van der Waals surface area contributed by atoms with Crippen molar-refractivity contribution in [1.29, 1.82) is 0 Å². The van der Waals surface area contributed by atoms with Crippen molar-refractivity contribution in [3.05, 3.63) is 59.5 Å². The lowest BCUT2D eigenvalue weighted by molar-refractivity contribution is 1.07. The predicted molar refractivity (Wildman–Crippen MR) is 84.2 cm³/mol. The third-order valence-electron chi connectivity index (χ3n) is 3.36. The van der Waals surface area contributed by atoms with Crippen LogP contribution in [-0.4, -0.2) is 7.05 Å². The number of anilines is 2. The van der Waals surface area contributed by atoms with Crippen LogP contribution >= 0.6 is 11.3 Å². The van der Waals surface area contributed by atoms with Crippen LogP contribution in [0.2, 0.25) is 0 Å². The lowest BCUT2D eigenvalue weighted by Crippen LogP contribution is -2.09. The monoisotopic (exact) mass is 268 g/mol. The Bertz CT molecular complexity index is 703. The Hall–Kier alpha value is -1.84. The fourth-order valence-corrected chi connectivity index (χ4v) is 3.24. The fourth-order valence-electron chi connectivity index (χ4n) is 2.25. The normalized spacial score (nSPS) is 10.8. The highest BCUT2D eigenvalue weighted by Gasteiger charge is 2.09. The van der Waals surface area contributed by atoms with Gasteiger partial charge in [-0.15, -0.1) is 11.3 Å². The number of fused-ring (bicyclic) bond motifs is 1. The summed E-state index contributed by atoms with van der Waals surface area (Å²) in [6.07, 6.45) is 0. The molecule has 0 aliphatic rings. The van der Waals surface area contributed by atoms with Crippen LogP contribution in [0, 0.1) is 0 Å². The Morgan fingerprint density at radius 3 is 2.79 bits per heavy atom. The number of benzene rings is 2. The maximum Gasteiger partial charge on any atom is 0.0596 e. The zero-order chi connectivity index (χ0) is 13.2. The van der Waals surface area contributed by atoms with Gasteiger partial charge in [-0.05, 0) is 23.8 Å². The van der Waals surface area contributed by atoms with E-state index in [0.29, 0.717) is 6.54 Å². The molecule has 2 aromatic carbocycles. The molecule has 0 atom stereocenters. The zero-order valence-electron chi connectivity index (χ0n) is 10.8. The van der Waals surface area contributed by atoms with Crippen molar-refractivity contribution in [2.45, 2.75) is 6.54 Å². The van der Waals surface area contributed by atoms with E-state index in [1.165, 1.54) is 21.5 Å². The highest BCUT2D eigenvalue weighted by Crippen LogP contribution is 2.35. The number of nitrogens with zero attached hydrogens (tertiary/aromatic N) is 1. The van der Waals surface area contributed by atoms with E-state index in [-0.39, 0.29) is 0 Å². The van der Waals surface area contributed by atoms with E-state index in [4.69, 9.17) is 5.73 Å². The smallest absolute Gasteiger partial charge is 0.0596 e. The largest absolute Gasteiger partial charge is 0.343 e. The van der Waals surface area contributed by atoms with Crippen molar-refractivity contribution in [2.75, 3.05) is 11.9 Å². The third kappa shape index (κ3) is 2.23. The maximum atomic E-state index is 5.71. The van der Waals surface area contributed by atoms with Gasteiger partial charge in [-0.1, -0.05) is 30.3 Å². The van der Waals surface area contributed by atoms with Crippen LogP contribution < -0.4 is 10.6 Å². The van der Waals surface area contributed by atoms with Crippen LogP contribution in [0.4, 0.5) is 11.4 Å². The lowest BCUT2D eigenvalue weighted by Gasteiger charge is -2.19. The second-order valence-electron chi connectivity index (χ2n) is 4.55. The van der Waals surface area contributed by atoms with E-state index in [0.717, 1.165) is 5.56 Å². The summed E-state index contributed by atoms with van der Waals surface area (Å²) in [6.45, 7) is 0.575. The molecule has 0 aliphatic carbocycles. The second-order valence-corrected chi connectivity index (χ2v) is 5.46. The Morgan fingerprint density at radius 1 is 1.11 bits per heavy atom. The van der Waals surface area contributed by atoms with Crippen LogP contribution in [0.3, 0.4) is 0 Å². The first-order valence-corrected chi connectivity index (χ1v) is 7.16. The van der Waals surface area contributed by atoms with Crippen molar-refractivity contribution in [3.63, 3.8) is 0 Å². The summed E-state index contributed by atoms with van der Waals surface area (Å²) in [6, 6.07) is 16.9. The summed E-state index contributed by atoms with van der Waals surface area (Å²) < 4.78 is 1.32. The average Bonchev–Trinajstić information content (AvgIpc) is 2.90. The van der Waals surface area contributed by atoms with Gasteiger partial charge < -0.3 is 10.6 Å². The molecule has 0 radical (unpaired) electrons. The van der Waals surface area contributed by atoms with Crippen molar-refractivity contribution in [2.24, 2.45) is 5.73 Å². The molecule has 0 aliphatic heterocycles. The molecule has 0 unspecified atom stereocenters.